The number of sulfone groups is 1. The molecule has 0 radical (unpaired) electrons. The molecule has 23 heavy (non-hydrogen) atoms. The van der Waals surface area contributed by atoms with E-state index in [2.05, 4.69) is 16.0 Å². The highest BCUT2D eigenvalue weighted by molar-refractivity contribution is 7.91. The number of amides is 3. The first-order valence-electron chi connectivity index (χ1n) is 7.10. The number of carbonyl (C=O) groups excluding carboxylic acids is 2. The van der Waals surface area contributed by atoms with Gasteiger partial charge in [0.1, 0.15) is 5.82 Å². The minimum absolute atomic E-state index is 0.0600. The van der Waals surface area contributed by atoms with Gasteiger partial charge in [0, 0.05) is 12.6 Å². The van der Waals surface area contributed by atoms with Gasteiger partial charge in [0.15, 0.2) is 9.84 Å². The number of nitrogens with one attached hydrogen (secondary N) is 3. The van der Waals surface area contributed by atoms with E-state index in [-0.39, 0.29) is 30.4 Å². The Morgan fingerprint density at radius 1 is 1.17 bits per heavy atom. The van der Waals surface area contributed by atoms with Gasteiger partial charge in [-0.1, -0.05) is 12.1 Å². The first kappa shape index (κ1) is 17.2. The standard InChI is InChI=1S/C14H18FN3O4S/c15-11-3-1-10(2-4-11)7-16-14(20)17-8-13(19)18-12-5-6-23(21,22)9-12/h1-4,12H,5-9H2,(H,18,19)(H2,16,17,20)/t12-/m1/s1. The van der Waals surface area contributed by atoms with E-state index >= 15 is 0 Å². The summed E-state index contributed by atoms with van der Waals surface area (Å²) in [6.45, 7) is -0.0413. The molecular formula is C14H18FN3O4S. The van der Waals surface area contributed by atoms with Crippen LogP contribution < -0.4 is 16.0 Å². The van der Waals surface area contributed by atoms with Gasteiger partial charge in [-0.05, 0) is 24.1 Å². The number of carbonyl (C=O) groups is 2. The van der Waals surface area contributed by atoms with Gasteiger partial charge in [0.2, 0.25) is 5.91 Å². The number of rotatable bonds is 5. The van der Waals surface area contributed by atoms with E-state index in [4.69, 9.17) is 0 Å². The Bertz CT molecular complexity index is 676. The monoisotopic (exact) mass is 343 g/mol. The second-order valence-corrected chi connectivity index (χ2v) is 7.56. The fourth-order valence-corrected chi connectivity index (χ4v) is 3.87. The van der Waals surface area contributed by atoms with Crippen LogP contribution in [-0.4, -0.2) is 44.4 Å². The molecule has 0 saturated carbocycles. The summed E-state index contributed by atoms with van der Waals surface area (Å²) < 4.78 is 35.3. The van der Waals surface area contributed by atoms with Gasteiger partial charge in [-0.15, -0.1) is 0 Å². The molecule has 1 saturated heterocycles. The fourth-order valence-electron chi connectivity index (χ4n) is 2.20. The summed E-state index contributed by atoms with van der Waals surface area (Å²) >= 11 is 0. The minimum atomic E-state index is -3.06. The largest absolute Gasteiger partial charge is 0.351 e. The topological polar surface area (TPSA) is 104 Å². The van der Waals surface area contributed by atoms with Crippen molar-refractivity contribution < 1.29 is 22.4 Å². The van der Waals surface area contributed by atoms with E-state index in [1.54, 1.807) is 12.1 Å². The minimum Gasteiger partial charge on any atom is -0.351 e. The average molecular weight is 343 g/mol. The van der Waals surface area contributed by atoms with Crippen LogP contribution in [0.4, 0.5) is 9.18 Å². The van der Waals surface area contributed by atoms with Crippen molar-refractivity contribution >= 4 is 21.8 Å². The van der Waals surface area contributed by atoms with Crippen molar-refractivity contribution in [2.75, 3.05) is 18.1 Å². The summed E-state index contributed by atoms with van der Waals surface area (Å²) in [4.78, 5) is 23.2. The number of benzene rings is 1. The molecule has 0 unspecified atom stereocenters. The average Bonchev–Trinajstić information content (AvgIpc) is 2.83. The van der Waals surface area contributed by atoms with Crippen LogP contribution >= 0.6 is 0 Å². The van der Waals surface area contributed by atoms with E-state index in [1.807, 2.05) is 0 Å². The Morgan fingerprint density at radius 3 is 2.48 bits per heavy atom. The third-order valence-corrected chi connectivity index (χ3v) is 5.14. The summed E-state index contributed by atoms with van der Waals surface area (Å²) in [7, 11) is -3.06. The van der Waals surface area contributed by atoms with Crippen molar-refractivity contribution in [2.24, 2.45) is 0 Å². The van der Waals surface area contributed by atoms with E-state index in [0.29, 0.717) is 6.42 Å². The zero-order valence-electron chi connectivity index (χ0n) is 12.3. The van der Waals surface area contributed by atoms with Crippen LogP contribution in [0.1, 0.15) is 12.0 Å². The van der Waals surface area contributed by atoms with Gasteiger partial charge in [-0.3, -0.25) is 4.79 Å². The lowest BCUT2D eigenvalue weighted by Crippen LogP contribution is -2.45. The molecule has 0 bridgehead atoms. The molecule has 1 aliphatic heterocycles. The molecule has 0 aliphatic carbocycles. The van der Waals surface area contributed by atoms with Gasteiger partial charge >= 0.3 is 6.03 Å². The van der Waals surface area contributed by atoms with E-state index in [1.165, 1.54) is 12.1 Å². The summed E-state index contributed by atoms with van der Waals surface area (Å²) in [6, 6.07) is 4.74. The predicted molar refractivity (Wildman–Crippen MR) is 81.8 cm³/mol. The highest BCUT2D eigenvalue weighted by Gasteiger charge is 2.28. The van der Waals surface area contributed by atoms with Crippen LogP contribution in [0, 0.1) is 5.82 Å². The van der Waals surface area contributed by atoms with Crippen molar-refractivity contribution in [2.45, 2.75) is 19.0 Å². The molecule has 1 heterocycles. The van der Waals surface area contributed by atoms with E-state index < -0.39 is 27.8 Å². The Morgan fingerprint density at radius 2 is 1.87 bits per heavy atom. The van der Waals surface area contributed by atoms with Crippen LogP contribution in [0.15, 0.2) is 24.3 Å². The summed E-state index contributed by atoms with van der Waals surface area (Å²) in [5, 5.41) is 7.47. The zero-order chi connectivity index (χ0) is 16.9. The van der Waals surface area contributed by atoms with Crippen LogP contribution in [-0.2, 0) is 21.2 Å². The van der Waals surface area contributed by atoms with Crippen LogP contribution in [0.5, 0.6) is 0 Å². The van der Waals surface area contributed by atoms with E-state index in [9.17, 15) is 22.4 Å². The van der Waals surface area contributed by atoms with Crippen LogP contribution in [0.2, 0.25) is 0 Å². The number of urea groups is 1. The molecular weight excluding hydrogens is 325 g/mol. The zero-order valence-corrected chi connectivity index (χ0v) is 13.2. The SMILES string of the molecule is O=C(CNC(=O)NCc1ccc(F)cc1)N[C@@H]1CCS(=O)(=O)C1. The molecule has 0 aromatic heterocycles. The summed E-state index contributed by atoms with van der Waals surface area (Å²) in [6.07, 6.45) is 0.394. The van der Waals surface area contributed by atoms with Gasteiger partial charge in [0.05, 0.1) is 18.1 Å². The lowest BCUT2D eigenvalue weighted by atomic mass is 10.2. The number of hydrogen-bond donors (Lipinski definition) is 3. The molecule has 2 rings (SSSR count). The van der Waals surface area contributed by atoms with Gasteiger partial charge in [0.25, 0.3) is 0 Å². The maximum absolute atomic E-state index is 12.7. The lowest BCUT2D eigenvalue weighted by Gasteiger charge is -2.12. The Hall–Kier alpha value is -2.16. The highest BCUT2D eigenvalue weighted by atomic mass is 32.2. The first-order valence-corrected chi connectivity index (χ1v) is 8.92. The Balaban J connectivity index is 1.66. The second kappa shape index (κ2) is 7.40. The molecule has 9 heteroatoms. The molecule has 1 fully saturated rings. The quantitative estimate of drug-likeness (QED) is 0.696. The van der Waals surface area contributed by atoms with Crippen molar-refractivity contribution in [3.05, 3.63) is 35.6 Å². The predicted octanol–water partition coefficient (Wildman–Crippen LogP) is -0.0718. The Labute approximate surface area is 133 Å². The van der Waals surface area contributed by atoms with E-state index in [0.717, 1.165) is 5.56 Å². The van der Waals surface area contributed by atoms with Gasteiger partial charge in [-0.2, -0.15) is 0 Å². The molecule has 1 atom stereocenters. The van der Waals surface area contributed by atoms with Gasteiger partial charge < -0.3 is 16.0 Å². The second-order valence-electron chi connectivity index (χ2n) is 5.33. The smallest absolute Gasteiger partial charge is 0.315 e. The van der Waals surface area contributed by atoms with Crippen molar-refractivity contribution in [1.29, 1.82) is 0 Å². The molecule has 3 amide bonds. The molecule has 7 nitrogen and oxygen atoms in total. The molecule has 1 aromatic rings. The van der Waals surface area contributed by atoms with Crippen molar-refractivity contribution in [3.8, 4) is 0 Å². The first-order chi connectivity index (χ1) is 10.8. The van der Waals surface area contributed by atoms with Crippen molar-refractivity contribution in [1.82, 2.24) is 16.0 Å². The highest BCUT2D eigenvalue weighted by Crippen LogP contribution is 2.10. The van der Waals surface area contributed by atoms with Crippen LogP contribution in [0.25, 0.3) is 0 Å². The third kappa shape index (κ3) is 5.85. The molecule has 1 aromatic carbocycles. The summed E-state index contributed by atoms with van der Waals surface area (Å²) in [5.74, 6) is -0.785. The summed E-state index contributed by atoms with van der Waals surface area (Å²) in [5.41, 5.74) is 0.724. The van der Waals surface area contributed by atoms with Gasteiger partial charge in [-0.25, -0.2) is 17.6 Å². The molecule has 0 spiro atoms. The number of hydrogen-bond acceptors (Lipinski definition) is 4. The fraction of sp³-hybridized carbons (Fsp3) is 0.429. The van der Waals surface area contributed by atoms with Crippen LogP contribution in [0.3, 0.4) is 0 Å². The third-order valence-electron chi connectivity index (χ3n) is 3.37. The molecule has 1 aliphatic rings. The maximum Gasteiger partial charge on any atom is 0.315 e. The maximum atomic E-state index is 12.7. The molecule has 126 valence electrons. The molecule has 3 N–H and O–H groups in total. The van der Waals surface area contributed by atoms with Crippen molar-refractivity contribution in [3.63, 3.8) is 0 Å². The number of halogens is 1. The Kier molecular flexibility index (Phi) is 5.54. The lowest BCUT2D eigenvalue weighted by molar-refractivity contribution is -0.120. The normalized spacial score (nSPS) is 19.1.